The molecule has 3 nitrogen and oxygen atoms in total. The highest BCUT2D eigenvalue weighted by atomic mass is 35.5. The van der Waals surface area contributed by atoms with Crippen LogP contribution in [-0.4, -0.2) is 37.7 Å². The molecule has 0 spiro atoms. The third-order valence-electron chi connectivity index (χ3n) is 4.05. The molecule has 1 aromatic rings. The maximum absolute atomic E-state index is 11.4. The fraction of sp³-hybridized carbons (Fsp3) is 0.500. The SMILES string of the molecule is C=C(C)C(=O)OCCCC(c1ccccc1)[N+](C)(C)CC.[Cl-]. The molecule has 0 saturated carbocycles. The fourth-order valence-electron chi connectivity index (χ4n) is 2.38. The summed E-state index contributed by atoms with van der Waals surface area (Å²) in [6.45, 7) is 8.99. The number of carbonyl (C=O) groups is 1. The van der Waals surface area contributed by atoms with E-state index in [0.717, 1.165) is 23.9 Å². The molecule has 0 radical (unpaired) electrons. The first kappa shape index (κ1) is 20.7. The van der Waals surface area contributed by atoms with Crippen LogP contribution in [0.25, 0.3) is 0 Å². The second-order valence-electron chi connectivity index (χ2n) is 6.08. The third kappa shape index (κ3) is 6.20. The molecule has 0 fully saturated rings. The van der Waals surface area contributed by atoms with E-state index in [9.17, 15) is 4.79 Å². The molecule has 0 bridgehead atoms. The molecular formula is C18H28ClNO2. The van der Waals surface area contributed by atoms with Crippen molar-refractivity contribution in [1.29, 1.82) is 0 Å². The molecule has 0 heterocycles. The summed E-state index contributed by atoms with van der Waals surface area (Å²) >= 11 is 0. The molecule has 0 aromatic heterocycles. The predicted molar refractivity (Wildman–Crippen MR) is 86.8 cm³/mol. The minimum atomic E-state index is -0.296. The van der Waals surface area contributed by atoms with Crippen molar-refractivity contribution >= 4 is 5.97 Å². The topological polar surface area (TPSA) is 26.3 Å². The van der Waals surface area contributed by atoms with E-state index in [1.165, 1.54) is 5.56 Å². The van der Waals surface area contributed by atoms with Gasteiger partial charge in [-0.05, 0) is 20.3 Å². The molecule has 0 aliphatic rings. The average molecular weight is 326 g/mol. The van der Waals surface area contributed by atoms with Crippen molar-refractivity contribution in [2.75, 3.05) is 27.2 Å². The maximum atomic E-state index is 11.4. The number of nitrogens with zero attached hydrogens (tertiary/aromatic N) is 1. The van der Waals surface area contributed by atoms with Crippen LogP contribution < -0.4 is 12.4 Å². The zero-order chi connectivity index (χ0) is 15.9. The Morgan fingerprint density at radius 1 is 1.27 bits per heavy atom. The highest BCUT2D eigenvalue weighted by Gasteiger charge is 2.27. The highest BCUT2D eigenvalue weighted by molar-refractivity contribution is 5.86. The van der Waals surface area contributed by atoms with E-state index < -0.39 is 0 Å². The Kier molecular flexibility index (Phi) is 9.07. The Morgan fingerprint density at radius 2 is 1.86 bits per heavy atom. The number of halogens is 1. The van der Waals surface area contributed by atoms with Crippen molar-refractivity contribution in [3.8, 4) is 0 Å². The minimum absolute atomic E-state index is 0. The summed E-state index contributed by atoms with van der Waals surface area (Å²) in [6.07, 6.45) is 1.86. The average Bonchev–Trinajstić information content (AvgIpc) is 2.47. The van der Waals surface area contributed by atoms with Crippen LogP contribution in [0.15, 0.2) is 42.5 Å². The minimum Gasteiger partial charge on any atom is -1.00 e. The zero-order valence-electron chi connectivity index (χ0n) is 14.1. The van der Waals surface area contributed by atoms with Crippen LogP contribution >= 0.6 is 0 Å². The highest BCUT2D eigenvalue weighted by Crippen LogP contribution is 2.29. The van der Waals surface area contributed by atoms with Gasteiger partial charge < -0.3 is 21.6 Å². The van der Waals surface area contributed by atoms with E-state index in [4.69, 9.17) is 4.74 Å². The van der Waals surface area contributed by atoms with E-state index in [1.54, 1.807) is 6.92 Å². The predicted octanol–water partition coefficient (Wildman–Crippen LogP) is 0.728. The van der Waals surface area contributed by atoms with Crippen LogP contribution in [0.3, 0.4) is 0 Å². The number of hydrogen-bond acceptors (Lipinski definition) is 2. The van der Waals surface area contributed by atoms with Gasteiger partial charge in [-0.1, -0.05) is 36.9 Å². The summed E-state index contributed by atoms with van der Waals surface area (Å²) < 4.78 is 6.12. The summed E-state index contributed by atoms with van der Waals surface area (Å²) in [4.78, 5) is 11.4. The first-order valence-electron chi connectivity index (χ1n) is 7.58. The molecular weight excluding hydrogens is 298 g/mol. The number of benzene rings is 1. The smallest absolute Gasteiger partial charge is 0.333 e. The van der Waals surface area contributed by atoms with E-state index in [-0.39, 0.29) is 18.4 Å². The lowest BCUT2D eigenvalue weighted by atomic mass is 9.99. The van der Waals surface area contributed by atoms with E-state index in [1.807, 2.05) is 6.07 Å². The molecule has 124 valence electrons. The van der Waals surface area contributed by atoms with Crippen molar-refractivity contribution in [3.05, 3.63) is 48.0 Å². The molecule has 1 aromatic carbocycles. The molecule has 1 rings (SSSR count). The molecule has 4 heteroatoms. The molecule has 0 amide bonds. The summed E-state index contributed by atoms with van der Waals surface area (Å²) in [7, 11) is 4.50. The quantitative estimate of drug-likeness (QED) is 0.305. The third-order valence-corrected chi connectivity index (χ3v) is 4.05. The van der Waals surface area contributed by atoms with Crippen molar-refractivity contribution < 1.29 is 26.4 Å². The van der Waals surface area contributed by atoms with Gasteiger partial charge in [-0.15, -0.1) is 0 Å². The number of esters is 1. The monoisotopic (exact) mass is 325 g/mol. The van der Waals surface area contributed by atoms with Gasteiger partial charge in [0.05, 0.1) is 27.2 Å². The van der Waals surface area contributed by atoms with Gasteiger partial charge in [0, 0.05) is 17.6 Å². The van der Waals surface area contributed by atoms with Gasteiger partial charge in [-0.2, -0.15) is 0 Å². The van der Waals surface area contributed by atoms with Crippen LogP contribution in [0, 0.1) is 0 Å². The first-order valence-corrected chi connectivity index (χ1v) is 7.58. The standard InChI is InChI=1S/C18H28NO2.ClH/c1-6-19(4,5)17(16-11-8-7-9-12-16)13-10-14-21-18(20)15(2)3;/h7-9,11-12,17H,2,6,10,13-14H2,1,3-5H3;1H/q+1;/p-1. The summed E-state index contributed by atoms with van der Waals surface area (Å²) in [5, 5.41) is 0. The van der Waals surface area contributed by atoms with E-state index in [2.05, 4.69) is 51.9 Å². The number of rotatable bonds is 8. The summed E-state index contributed by atoms with van der Waals surface area (Å²) in [6, 6.07) is 11.0. The van der Waals surface area contributed by atoms with Gasteiger partial charge in [0.1, 0.15) is 6.04 Å². The second kappa shape index (κ2) is 9.65. The zero-order valence-corrected chi connectivity index (χ0v) is 14.9. The largest absolute Gasteiger partial charge is 1.00 e. The lowest BCUT2D eigenvalue weighted by Gasteiger charge is -2.37. The number of ether oxygens (including phenoxy) is 1. The Balaban J connectivity index is 0.00000441. The van der Waals surface area contributed by atoms with Gasteiger partial charge in [0.15, 0.2) is 0 Å². The van der Waals surface area contributed by atoms with Crippen LogP contribution in [-0.2, 0) is 9.53 Å². The van der Waals surface area contributed by atoms with Gasteiger partial charge in [-0.3, -0.25) is 0 Å². The van der Waals surface area contributed by atoms with Crippen LogP contribution in [0.4, 0.5) is 0 Å². The summed E-state index contributed by atoms with van der Waals surface area (Å²) in [5.41, 5.74) is 1.80. The first-order chi connectivity index (χ1) is 9.88. The van der Waals surface area contributed by atoms with Crippen molar-refractivity contribution in [3.63, 3.8) is 0 Å². The van der Waals surface area contributed by atoms with Crippen LogP contribution in [0.1, 0.15) is 38.3 Å². The lowest BCUT2D eigenvalue weighted by molar-refractivity contribution is -0.920. The Bertz CT molecular complexity index is 471. The second-order valence-corrected chi connectivity index (χ2v) is 6.08. The van der Waals surface area contributed by atoms with E-state index >= 15 is 0 Å². The van der Waals surface area contributed by atoms with Crippen LogP contribution in [0.5, 0.6) is 0 Å². The molecule has 0 aliphatic heterocycles. The summed E-state index contributed by atoms with van der Waals surface area (Å²) in [5.74, 6) is -0.296. The molecule has 1 unspecified atom stereocenters. The van der Waals surface area contributed by atoms with Gasteiger partial charge in [0.2, 0.25) is 0 Å². The lowest BCUT2D eigenvalue weighted by Crippen LogP contribution is -3.00. The van der Waals surface area contributed by atoms with Gasteiger partial charge in [-0.25, -0.2) is 4.79 Å². The normalized spacial score (nSPS) is 12.2. The fourth-order valence-corrected chi connectivity index (χ4v) is 2.38. The van der Waals surface area contributed by atoms with Crippen molar-refractivity contribution in [2.24, 2.45) is 0 Å². The molecule has 22 heavy (non-hydrogen) atoms. The Hall–Kier alpha value is -1.32. The van der Waals surface area contributed by atoms with Crippen molar-refractivity contribution in [2.45, 2.75) is 32.7 Å². The van der Waals surface area contributed by atoms with Crippen LogP contribution in [0.2, 0.25) is 0 Å². The maximum Gasteiger partial charge on any atom is 0.333 e. The number of quaternary nitrogens is 1. The number of hydrogen-bond donors (Lipinski definition) is 0. The Labute approximate surface area is 141 Å². The Morgan fingerprint density at radius 3 is 2.36 bits per heavy atom. The molecule has 0 saturated heterocycles. The van der Waals surface area contributed by atoms with E-state index in [0.29, 0.717) is 18.2 Å². The molecule has 0 N–H and O–H groups in total. The van der Waals surface area contributed by atoms with Gasteiger partial charge >= 0.3 is 5.97 Å². The van der Waals surface area contributed by atoms with Crippen molar-refractivity contribution in [1.82, 2.24) is 0 Å². The molecule has 1 atom stereocenters. The number of carbonyl (C=O) groups excluding carboxylic acids is 1. The molecule has 0 aliphatic carbocycles. The van der Waals surface area contributed by atoms with Gasteiger partial charge in [0.25, 0.3) is 0 Å².